The van der Waals surface area contributed by atoms with Crippen molar-refractivity contribution >= 4 is 30.8 Å². The molecule has 1 heterocycles. The number of halogens is 1. The molecule has 0 bridgehead atoms. The van der Waals surface area contributed by atoms with E-state index < -0.39 is 8.32 Å². The van der Waals surface area contributed by atoms with E-state index in [1.807, 2.05) is 12.1 Å². The number of aromatic nitrogens is 1. The third kappa shape index (κ3) is 5.26. The number of hydrogen-bond acceptors (Lipinski definition) is 2. The molecule has 4 aromatic rings. The Hall–Kier alpha value is -2.37. The minimum atomic E-state index is -2.01. The Kier molecular flexibility index (Phi) is 7.58. The average Bonchev–Trinajstić information content (AvgIpc) is 3.11. The summed E-state index contributed by atoms with van der Waals surface area (Å²) in [5, 5.41) is 11.9. The molecule has 0 saturated heterocycles. The number of nitrogens with zero attached hydrogens (tertiary/aromatic N) is 1. The van der Waals surface area contributed by atoms with Gasteiger partial charge in [0.05, 0.1) is 12.6 Å². The fraction of sp³-hybridized carbons (Fsp3) is 0.333. The zero-order chi connectivity index (χ0) is 25.2. The largest absolute Gasteiger partial charge is 0.411 e. The summed E-state index contributed by atoms with van der Waals surface area (Å²) < 4.78 is 9.20. The Balaban J connectivity index is 2.00. The fourth-order valence-electron chi connectivity index (χ4n) is 4.48. The molecule has 3 aromatic carbocycles. The summed E-state index contributed by atoms with van der Waals surface area (Å²) in [6.45, 7) is 11.9. The van der Waals surface area contributed by atoms with E-state index in [9.17, 15) is 5.11 Å². The number of fused-ring (bicyclic) bond motifs is 1. The Bertz CT molecular complexity index is 1240. The highest BCUT2D eigenvalue weighted by Crippen LogP contribution is 2.40. The van der Waals surface area contributed by atoms with Crippen molar-refractivity contribution in [2.45, 2.75) is 58.0 Å². The first-order chi connectivity index (χ1) is 16.6. The van der Waals surface area contributed by atoms with Crippen LogP contribution in [0.2, 0.25) is 23.2 Å². The summed E-state index contributed by atoms with van der Waals surface area (Å²) in [4.78, 5) is 0. The molecule has 0 fully saturated rings. The van der Waals surface area contributed by atoms with Gasteiger partial charge in [0.15, 0.2) is 8.32 Å². The molecule has 0 spiro atoms. The fourth-order valence-corrected chi connectivity index (χ4v) is 5.58. The van der Waals surface area contributed by atoms with E-state index in [2.05, 4.69) is 105 Å². The molecule has 0 aliphatic rings. The summed E-state index contributed by atoms with van der Waals surface area (Å²) in [6.07, 6.45) is 0.552. The van der Waals surface area contributed by atoms with Crippen LogP contribution in [-0.4, -0.2) is 24.6 Å². The summed E-state index contributed by atoms with van der Waals surface area (Å²) >= 11 is 6.48. The number of aliphatic hydroxyl groups excluding tert-OH is 1. The molecule has 1 aromatic heterocycles. The molecule has 5 heteroatoms. The van der Waals surface area contributed by atoms with E-state index in [1.165, 1.54) is 11.1 Å². The van der Waals surface area contributed by atoms with Gasteiger partial charge in [0, 0.05) is 28.2 Å². The molecule has 35 heavy (non-hydrogen) atoms. The lowest BCUT2D eigenvalue weighted by Gasteiger charge is -2.36. The summed E-state index contributed by atoms with van der Waals surface area (Å²) in [5.74, 6) is 0. The molecule has 4 rings (SSSR count). The van der Waals surface area contributed by atoms with Gasteiger partial charge in [-0.25, -0.2) is 0 Å². The lowest BCUT2D eigenvalue weighted by Crippen LogP contribution is -2.40. The van der Waals surface area contributed by atoms with Crippen LogP contribution in [0.15, 0.2) is 78.9 Å². The van der Waals surface area contributed by atoms with Gasteiger partial charge in [-0.1, -0.05) is 93.0 Å². The summed E-state index contributed by atoms with van der Waals surface area (Å²) in [5.41, 5.74) is 5.73. The lowest BCUT2D eigenvalue weighted by molar-refractivity contribution is 0.263. The van der Waals surface area contributed by atoms with Crippen LogP contribution < -0.4 is 0 Å². The second kappa shape index (κ2) is 10.3. The van der Waals surface area contributed by atoms with Crippen molar-refractivity contribution in [3.8, 4) is 0 Å². The standard InChI is InChI=1S/C30H36ClNO2Si/c1-30(2,3)35(4,5)34-21-28-25(18-19-33)26-20-24(31)16-17-27(26)32(28)29(22-12-8-6-9-13-22)23-14-10-7-11-15-23/h6-17,20,29,33H,18-19,21H2,1-5H3. The maximum Gasteiger partial charge on any atom is 0.192 e. The third-order valence-corrected chi connectivity index (χ3v) is 12.1. The first-order valence-electron chi connectivity index (χ1n) is 12.3. The molecule has 0 saturated carbocycles. The van der Waals surface area contributed by atoms with Gasteiger partial charge in [-0.15, -0.1) is 0 Å². The first kappa shape index (κ1) is 25.7. The SMILES string of the molecule is CC(C)(C)[Si](C)(C)OCc1c(CCO)c2cc(Cl)ccc2n1C(c1ccccc1)c1ccccc1. The number of rotatable bonds is 8. The van der Waals surface area contributed by atoms with E-state index >= 15 is 0 Å². The highest BCUT2D eigenvalue weighted by molar-refractivity contribution is 6.74. The molecule has 184 valence electrons. The summed E-state index contributed by atoms with van der Waals surface area (Å²) in [7, 11) is -2.01. The van der Waals surface area contributed by atoms with Crippen molar-refractivity contribution in [1.29, 1.82) is 0 Å². The molecular weight excluding hydrogens is 470 g/mol. The highest BCUT2D eigenvalue weighted by atomic mass is 35.5. The van der Waals surface area contributed by atoms with Crippen molar-refractivity contribution in [2.24, 2.45) is 0 Å². The first-order valence-corrected chi connectivity index (χ1v) is 15.6. The monoisotopic (exact) mass is 505 g/mol. The lowest BCUT2D eigenvalue weighted by atomic mass is 9.98. The van der Waals surface area contributed by atoms with Gasteiger partial charge in [-0.2, -0.15) is 0 Å². The Morgan fingerprint density at radius 1 is 0.914 bits per heavy atom. The van der Waals surface area contributed by atoms with E-state index in [4.69, 9.17) is 16.0 Å². The maximum atomic E-state index is 10.0. The predicted octanol–water partition coefficient (Wildman–Crippen LogP) is 7.99. The Morgan fingerprint density at radius 3 is 2.00 bits per heavy atom. The Labute approximate surface area is 215 Å². The van der Waals surface area contributed by atoms with Gasteiger partial charge in [0.1, 0.15) is 0 Å². The number of aliphatic hydroxyl groups is 1. The minimum absolute atomic E-state index is 0.0356. The second-order valence-corrected chi connectivity index (χ2v) is 15.9. The van der Waals surface area contributed by atoms with Crippen LogP contribution in [-0.2, 0) is 17.5 Å². The van der Waals surface area contributed by atoms with Crippen molar-refractivity contribution in [2.75, 3.05) is 6.61 Å². The van der Waals surface area contributed by atoms with E-state index in [0.29, 0.717) is 18.1 Å². The average molecular weight is 506 g/mol. The molecular formula is C30H36ClNO2Si. The van der Waals surface area contributed by atoms with Crippen molar-refractivity contribution < 1.29 is 9.53 Å². The second-order valence-electron chi connectivity index (χ2n) is 10.7. The van der Waals surface area contributed by atoms with Crippen LogP contribution in [0.3, 0.4) is 0 Å². The molecule has 0 aliphatic carbocycles. The van der Waals surface area contributed by atoms with Crippen molar-refractivity contribution in [1.82, 2.24) is 4.57 Å². The highest BCUT2D eigenvalue weighted by Gasteiger charge is 2.38. The normalized spacial score (nSPS) is 12.6. The molecule has 3 nitrogen and oxygen atoms in total. The van der Waals surface area contributed by atoms with Crippen LogP contribution in [0.5, 0.6) is 0 Å². The van der Waals surface area contributed by atoms with Crippen LogP contribution >= 0.6 is 11.6 Å². The van der Waals surface area contributed by atoms with Gasteiger partial charge in [0.2, 0.25) is 0 Å². The topological polar surface area (TPSA) is 34.4 Å². The molecule has 0 amide bonds. The predicted molar refractivity (Wildman–Crippen MR) is 150 cm³/mol. The van der Waals surface area contributed by atoms with Gasteiger partial charge in [-0.05, 0) is 59.4 Å². The van der Waals surface area contributed by atoms with Gasteiger partial charge in [0.25, 0.3) is 0 Å². The quantitative estimate of drug-likeness (QED) is 0.246. The zero-order valence-corrected chi connectivity index (χ0v) is 23.1. The maximum absolute atomic E-state index is 10.0. The molecule has 0 radical (unpaired) electrons. The molecule has 0 atom stereocenters. The van der Waals surface area contributed by atoms with Crippen LogP contribution in [0.1, 0.15) is 49.2 Å². The Morgan fingerprint density at radius 2 is 1.49 bits per heavy atom. The minimum Gasteiger partial charge on any atom is -0.411 e. The van der Waals surface area contributed by atoms with E-state index in [-0.39, 0.29) is 17.7 Å². The van der Waals surface area contributed by atoms with Crippen molar-refractivity contribution in [3.63, 3.8) is 0 Å². The van der Waals surface area contributed by atoms with E-state index in [1.54, 1.807) is 0 Å². The van der Waals surface area contributed by atoms with Crippen LogP contribution in [0, 0.1) is 0 Å². The van der Waals surface area contributed by atoms with Crippen LogP contribution in [0.4, 0.5) is 0 Å². The smallest absolute Gasteiger partial charge is 0.192 e. The van der Waals surface area contributed by atoms with Crippen LogP contribution in [0.25, 0.3) is 10.9 Å². The summed E-state index contributed by atoms with van der Waals surface area (Å²) in [6, 6.07) is 27.3. The van der Waals surface area contributed by atoms with Gasteiger partial charge in [-0.3, -0.25) is 0 Å². The number of benzene rings is 3. The van der Waals surface area contributed by atoms with Crippen molar-refractivity contribution in [3.05, 3.63) is 106 Å². The van der Waals surface area contributed by atoms with E-state index in [0.717, 1.165) is 22.2 Å². The van der Waals surface area contributed by atoms with Gasteiger partial charge < -0.3 is 14.1 Å². The third-order valence-electron chi connectivity index (χ3n) is 7.41. The van der Waals surface area contributed by atoms with Gasteiger partial charge >= 0.3 is 0 Å². The molecule has 0 unspecified atom stereocenters. The number of hydrogen-bond donors (Lipinski definition) is 1. The molecule has 0 aliphatic heterocycles. The zero-order valence-electron chi connectivity index (χ0n) is 21.4. The molecule has 1 N–H and O–H groups in total.